The second-order valence-electron chi connectivity index (χ2n) is 5.23. The first-order valence-corrected chi connectivity index (χ1v) is 7.15. The highest BCUT2D eigenvalue weighted by Gasteiger charge is 2.28. The van der Waals surface area contributed by atoms with Crippen molar-refractivity contribution in [2.24, 2.45) is 5.92 Å². The molecule has 0 atom stereocenters. The van der Waals surface area contributed by atoms with E-state index in [0.29, 0.717) is 31.6 Å². The predicted octanol–water partition coefficient (Wildman–Crippen LogP) is 1.97. The van der Waals surface area contributed by atoms with E-state index in [2.05, 4.69) is 5.32 Å². The van der Waals surface area contributed by atoms with Gasteiger partial charge in [-0.1, -0.05) is 6.07 Å². The number of amides is 1. The summed E-state index contributed by atoms with van der Waals surface area (Å²) in [4.78, 5) is 24.6. The number of carbonyl (C=O) groups is 2. The number of nitriles is 1. The van der Waals surface area contributed by atoms with Gasteiger partial charge in [-0.05, 0) is 31.0 Å². The fraction of sp³-hybridized carbons (Fsp3) is 0.312. The molecule has 7 heteroatoms. The van der Waals surface area contributed by atoms with Gasteiger partial charge in [0, 0.05) is 25.0 Å². The maximum absolute atomic E-state index is 13.1. The van der Waals surface area contributed by atoms with Crippen LogP contribution in [0, 0.1) is 23.1 Å². The molecule has 6 nitrogen and oxygen atoms in total. The van der Waals surface area contributed by atoms with Crippen LogP contribution in [0.15, 0.2) is 36.0 Å². The standard InChI is InChI=1S/C16H16FN3O3/c17-13-2-1-3-14(8-13)19-10-12(9-18)15(21)20-6-4-11(5-7-20)16(22)23/h1-3,8,10-11,19H,4-7H2,(H,22,23)/b12-10-. The van der Waals surface area contributed by atoms with Gasteiger partial charge in [-0.3, -0.25) is 9.59 Å². The van der Waals surface area contributed by atoms with Crippen molar-refractivity contribution >= 4 is 17.6 Å². The molecule has 0 radical (unpaired) electrons. The molecule has 0 saturated carbocycles. The van der Waals surface area contributed by atoms with Gasteiger partial charge in [-0.15, -0.1) is 0 Å². The molecule has 0 aliphatic carbocycles. The first kappa shape index (κ1) is 16.5. The van der Waals surface area contributed by atoms with Crippen LogP contribution in [0.2, 0.25) is 0 Å². The molecule has 1 amide bonds. The third kappa shape index (κ3) is 4.30. The minimum atomic E-state index is -0.860. The van der Waals surface area contributed by atoms with Gasteiger partial charge in [-0.25, -0.2) is 4.39 Å². The fourth-order valence-corrected chi connectivity index (χ4v) is 2.38. The molecule has 1 fully saturated rings. The molecule has 0 unspecified atom stereocenters. The summed E-state index contributed by atoms with van der Waals surface area (Å²) >= 11 is 0. The van der Waals surface area contributed by atoms with Gasteiger partial charge in [0.05, 0.1) is 5.92 Å². The van der Waals surface area contributed by atoms with E-state index in [1.165, 1.54) is 29.3 Å². The molecule has 1 aliphatic rings. The van der Waals surface area contributed by atoms with E-state index in [1.54, 1.807) is 6.07 Å². The lowest BCUT2D eigenvalue weighted by atomic mass is 9.97. The van der Waals surface area contributed by atoms with Crippen LogP contribution in [-0.2, 0) is 9.59 Å². The molecule has 2 N–H and O–H groups in total. The van der Waals surface area contributed by atoms with Crippen molar-refractivity contribution in [2.75, 3.05) is 18.4 Å². The van der Waals surface area contributed by atoms with Crippen molar-refractivity contribution in [1.82, 2.24) is 4.90 Å². The molecule has 0 aromatic heterocycles. The van der Waals surface area contributed by atoms with Crippen LogP contribution in [0.5, 0.6) is 0 Å². The Hall–Kier alpha value is -2.88. The summed E-state index contributed by atoms with van der Waals surface area (Å²) in [6.07, 6.45) is 1.98. The first-order valence-electron chi connectivity index (χ1n) is 7.15. The number of rotatable bonds is 4. The molecule has 1 aromatic rings. The number of benzene rings is 1. The van der Waals surface area contributed by atoms with Crippen LogP contribution in [0.3, 0.4) is 0 Å². The van der Waals surface area contributed by atoms with Gasteiger partial charge in [0.25, 0.3) is 5.91 Å². The summed E-state index contributed by atoms with van der Waals surface area (Å²) in [5.41, 5.74) is 0.318. The zero-order valence-corrected chi connectivity index (χ0v) is 12.3. The quantitative estimate of drug-likeness (QED) is 0.654. The second-order valence-corrected chi connectivity index (χ2v) is 5.23. The highest BCUT2D eigenvalue weighted by atomic mass is 19.1. The monoisotopic (exact) mass is 317 g/mol. The minimum Gasteiger partial charge on any atom is -0.481 e. The van der Waals surface area contributed by atoms with Gasteiger partial charge < -0.3 is 15.3 Å². The van der Waals surface area contributed by atoms with E-state index in [0.717, 1.165) is 0 Å². The summed E-state index contributed by atoms with van der Waals surface area (Å²) in [5.74, 6) is -2.19. The molecular weight excluding hydrogens is 301 g/mol. The normalized spacial score (nSPS) is 15.8. The van der Waals surface area contributed by atoms with Crippen molar-refractivity contribution in [3.05, 3.63) is 41.9 Å². The fourth-order valence-electron chi connectivity index (χ4n) is 2.38. The van der Waals surface area contributed by atoms with E-state index in [-0.39, 0.29) is 5.57 Å². The number of nitrogens with one attached hydrogen (secondary N) is 1. The average Bonchev–Trinajstić information content (AvgIpc) is 2.55. The zero-order chi connectivity index (χ0) is 16.8. The Morgan fingerprint density at radius 3 is 2.65 bits per heavy atom. The molecule has 1 aromatic carbocycles. The Morgan fingerprint density at radius 1 is 1.39 bits per heavy atom. The van der Waals surface area contributed by atoms with Crippen LogP contribution in [0.4, 0.5) is 10.1 Å². The van der Waals surface area contributed by atoms with E-state index >= 15 is 0 Å². The average molecular weight is 317 g/mol. The number of piperidine rings is 1. The van der Waals surface area contributed by atoms with Crippen LogP contribution in [-0.4, -0.2) is 35.0 Å². The molecule has 1 aliphatic heterocycles. The SMILES string of the molecule is N#C/C(=C/Nc1cccc(F)c1)C(=O)N1CCC(C(=O)O)CC1. The maximum atomic E-state index is 13.1. The van der Waals surface area contributed by atoms with E-state index in [1.807, 2.05) is 6.07 Å². The lowest BCUT2D eigenvalue weighted by Gasteiger charge is -2.29. The first-order chi connectivity index (χ1) is 11.0. The Kier molecular flexibility index (Phi) is 5.31. The summed E-state index contributed by atoms with van der Waals surface area (Å²) in [5, 5.41) is 20.8. The van der Waals surface area contributed by atoms with E-state index in [9.17, 15) is 14.0 Å². The van der Waals surface area contributed by atoms with Crippen LogP contribution >= 0.6 is 0 Å². The zero-order valence-electron chi connectivity index (χ0n) is 12.3. The Balaban J connectivity index is 2.00. The molecule has 1 heterocycles. The molecule has 2 rings (SSSR count). The van der Waals surface area contributed by atoms with Crippen molar-refractivity contribution in [2.45, 2.75) is 12.8 Å². The van der Waals surface area contributed by atoms with Crippen molar-refractivity contribution in [3.63, 3.8) is 0 Å². The lowest BCUT2D eigenvalue weighted by Crippen LogP contribution is -2.40. The van der Waals surface area contributed by atoms with Gasteiger partial charge in [0.2, 0.25) is 0 Å². The second kappa shape index (κ2) is 7.40. The number of aliphatic carboxylic acids is 1. The highest BCUT2D eigenvalue weighted by molar-refractivity contribution is 5.97. The van der Waals surface area contributed by atoms with Crippen molar-refractivity contribution in [3.8, 4) is 6.07 Å². The number of nitrogens with zero attached hydrogens (tertiary/aromatic N) is 2. The van der Waals surface area contributed by atoms with Crippen LogP contribution in [0.25, 0.3) is 0 Å². The lowest BCUT2D eigenvalue weighted by molar-refractivity contribution is -0.145. The van der Waals surface area contributed by atoms with Gasteiger partial charge >= 0.3 is 5.97 Å². The minimum absolute atomic E-state index is 0.108. The van der Waals surface area contributed by atoms with Gasteiger partial charge in [0.1, 0.15) is 17.5 Å². The number of hydrogen-bond donors (Lipinski definition) is 2. The Bertz CT molecular complexity index is 673. The predicted molar refractivity (Wildman–Crippen MR) is 80.7 cm³/mol. The van der Waals surface area contributed by atoms with E-state index in [4.69, 9.17) is 10.4 Å². The molecule has 120 valence electrons. The molecule has 0 bridgehead atoms. The maximum Gasteiger partial charge on any atom is 0.306 e. The Morgan fingerprint density at radius 2 is 2.09 bits per heavy atom. The van der Waals surface area contributed by atoms with Crippen LogP contribution < -0.4 is 5.32 Å². The summed E-state index contributed by atoms with van der Waals surface area (Å²) in [6, 6.07) is 7.47. The number of hydrogen-bond acceptors (Lipinski definition) is 4. The van der Waals surface area contributed by atoms with Gasteiger partial charge in [-0.2, -0.15) is 5.26 Å². The van der Waals surface area contributed by atoms with E-state index < -0.39 is 23.6 Å². The number of carboxylic acid groups (broad SMARTS) is 1. The highest BCUT2D eigenvalue weighted by Crippen LogP contribution is 2.19. The van der Waals surface area contributed by atoms with Crippen molar-refractivity contribution in [1.29, 1.82) is 5.26 Å². The summed E-state index contributed by atoms with van der Waals surface area (Å²) in [6.45, 7) is 0.601. The molecule has 23 heavy (non-hydrogen) atoms. The number of likely N-dealkylation sites (tertiary alicyclic amines) is 1. The smallest absolute Gasteiger partial charge is 0.306 e. The Labute approximate surface area is 132 Å². The topological polar surface area (TPSA) is 93.4 Å². The molecule has 1 saturated heterocycles. The van der Waals surface area contributed by atoms with Crippen LogP contribution in [0.1, 0.15) is 12.8 Å². The number of carbonyl (C=O) groups excluding carboxylic acids is 1. The largest absolute Gasteiger partial charge is 0.481 e. The summed E-state index contributed by atoms with van der Waals surface area (Å²) < 4.78 is 13.1. The molecular formula is C16H16FN3O3. The van der Waals surface area contributed by atoms with Crippen molar-refractivity contribution < 1.29 is 19.1 Å². The third-order valence-electron chi connectivity index (χ3n) is 3.69. The number of carboxylic acids is 1. The number of anilines is 1. The third-order valence-corrected chi connectivity index (χ3v) is 3.69. The number of halogens is 1. The summed E-state index contributed by atoms with van der Waals surface area (Å²) in [7, 11) is 0. The van der Waals surface area contributed by atoms with Gasteiger partial charge in [0.15, 0.2) is 0 Å². The molecule has 0 spiro atoms.